The molecule has 1 aliphatic carbocycles. The number of methoxy groups -OCH3 is 1. The minimum atomic E-state index is -0.142. The van der Waals surface area contributed by atoms with Gasteiger partial charge in [-0.2, -0.15) is 0 Å². The fraction of sp³-hybridized carbons (Fsp3) is 0.474. The first-order valence-corrected chi connectivity index (χ1v) is 8.06. The van der Waals surface area contributed by atoms with E-state index in [1.807, 2.05) is 18.2 Å². The topological polar surface area (TPSA) is 41.5 Å². The van der Waals surface area contributed by atoms with Gasteiger partial charge in [0.15, 0.2) is 11.5 Å². The van der Waals surface area contributed by atoms with Crippen LogP contribution >= 0.6 is 0 Å². The van der Waals surface area contributed by atoms with Gasteiger partial charge in [-0.05, 0) is 56.0 Å². The molecule has 0 bridgehead atoms. The molecule has 3 nitrogen and oxygen atoms in total. The Bertz CT molecular complexity index is 597. The van der Waals surface area contributed by atoms with E-state index in [4.69, 9.17) is 4.74 Å². The first-order valence-electron chi connectivity index (χ1n) is 8.06. The van der Waals surface area contributed by atoms with Crippen molar-refractivity contribution < 1.29 is 14.2 Å². The molecule has 0 radical (unpaired) electrons. The molecule has 126 valence electrons. The third kappa shape index (κ3) is 5.10. The number of hydrogen-bond acceptors (Lipinski definition) is 3. The van der Waals surface area contributed by atoms with Gasteiger partial charge in [-0.25, -0.2) is 4.39 Å². The summed E-state index contributed by atoms with van der Waals surface area (Å²) in [5, 5.41) is 13.1. The average Bonchev–Trinajstić information content (AvgIpc) is 2.55. The van der Waals surface area contributed by atoms with Gasteiger partial charge in [0.2, 0.25) is 0 Å². The van der Waals surface area contributed by atoms with E-state index in [0.717, 1.165) is 31.4 Å². The van der Waals surface area contributed by atoms with E-state index >= 15 is 0 Å². The lowest BCUT2D eigenvalue weighted by Gasteiger charge is -2.29. The Labute approximate surface area is 137 Å². The number of nitrogens with one attached hydrogen (secondary N) is 1. The Morgan fingerprint density at radius 3 is 2.87 bits per heavy atom. The predicted octanol–water partition coefficient (Wildman–Crippen LogP) is 4.13. The molecular formula is C19H26FNO2. The zero-order chi connectivity index (χ0) is 16.9. The summed E-state index contributed by atoms with van der Waals surface area (Å²) in [4.78, 5) is 0. The number of benzene rings is 1. The van der Waals surface area contributed by atoms with Crippen LogP contribution in [0.25, 0.3) is 0 Å². The second-order valence-electron chi connectivity index (χ2n) is 6.61. The maximum Gasteiger partial charge on any atom is 0.160 e. The summed E-state index contributed by atoms with van der Waals surface area (Å²) >= 11 is 0. The highest BCUT2D eigenvalue weighted by Crippen LogP contribution is 2.29. The summed E-state index contributed by atoms with van der Waals surface area (Å²) in [6, 6.07) is 5.82. The molecule has 2 N–H and O–H groups in total. The Morgan fingerprint density at radius 1 is 1.43 bits per heavy atom. The molecule has 1 aromatic carbocycles. The molecule has 0 aromatic heterocycles. The molecule has 23 heavy (non-hydrogen) atoms. The van der Waals surface area contributed by atoms with Crippen molar-refractivity contribution in [3.63, 3.8) is 0 Å². The third-order valence-corrected chi connectivity index (χ3v) is 4.37. The predicted molar refractivity (Wildman–Crippen MR) is 91.5 cm³/mol. The molecule has 0 saturated carbocycles. The molecule has 2 atom stereocenters. The monoisotopic (exact) mass is 319 g/mol. The summed E-state index contributed by atoms with van der Waals surface area (Å²) in [6.45, 7) is 5.12. The minimum Gasteiger partial charge on any atom is -0.504 e. The largest absolute Gasteiger partial charge is 0.504 e. The smallest absolute Gasteiger partial charge is 0.160 e. The molecule has 0 aliphatic heterocycles. The Kier molecular flexibility index (Phi) is 5.83. The molecule has 4 heteroatoms. The maximum absolute atomic E-state index is 13.1. The summed E-state index contributed by atoms with van der Waals surface area (Å²) < 4.78 is 18.2. The second-order valence-corrected chi connectivity index (χ2v) is 6.61. The van der Waals surface area contributed by atoms with E-state index in [9.17, 15) is 9.50 Å². The van der Waals surface area contributed by atoms with E-state index in [-0.39, 0.29) is 17.0 Å². The van der Waals surface area contributed by atoms with Crippen molar-refractivity contribution >= 4 is 0 Å². The van der Waals surface area contributed by atoms with Crippen LogP contribution in [0.2, 0.25) is 0 Å². The molecule has 0 spiro atoms. The SMILES string of the molecule is COc1cc(CCC(C)NCC2(C)C=CC(F)=CC2)ccc1O. The molecular weight excluding hydrogens is 293 g/mol. The fourth-order valence-electron chi connectivity index (χ4n) is 2.65. The van der Waals surface area contributed by atoms with Gasteiger partial charge < -0.3 is 15.2 Å². The lowest BCUT2D eigenvalue weighted by molar-refractivity contribution is 0.357. The van der Waals surface area contributed by atoms with Crippen molar-refractivity contribution in [3.8, 4) is 11.5 Å². The molecule has 0 fully saturated rings. The van der Waals surface area contributed by atoms with E-state index in [1.165, 1.54) is 0 Å². The Morgan fingerprint density at radius 2 is 2.22 bits per heavy atom. The van der Waals surface area contributed by atoms with Gasteiger partial charge in [-0.3, -0.25) is 0 Å². The lowest BCUT2D eigenvalue weighted by atomic mass is 9.83. The van der Waals surface area contributed by atoms with Gasteiger partial charge in [-0.15, -0.1) is 0 Å². The van der Waals surface area contributed by atoms with Crippen LogP contribution in [0.3, 0.4) is 0 Å². The molecule has 1 aromatic rings. The first-order chi connectivity index (χ1) is 10.9. The average molecular weight is 319 g/mol. The highest BCUT2D eigenvalue weighted by atomic mass is 19.1. The number of aromatic hydroxyl groups is 1. The summed E-state index contributed by atoms with van der Waals surface area (Å²) in [5.41, 5.74) is 1.12. The van der Waals surface area contributed by atoms with Crippen molar-refractivity contribution in [1.29, 1.82) is 0 Å². The zero-order valence-electron chi connectivity index (χ0n) is 14.1. The first kappa shape index (κ1) is 17.5. The van der Waals surface area contributed by atoms with Crippen molar-refractivity contribution in [2.75, 3.05) is 13.7 Å². The van der Waals surface area contributed by atoms with Crippen molar-refractivity contribution in [3.05, 3.63) is 47.8 Å². The van der Waals surface area contributed by atoms with Gasteiger partial charge in [0.05, 0.1) is 7.11 Å². The van der Waals surface area contributed by atoms with Crippen LogP contribution in [0.5, 0.6) is 11.5 Å². The van der Waals surface area contributed by atoms with Crippen LogP contribution in [-0.2, 0) is 6.42 Å². The number of halogens is 1. The number of rotatable bonds is 7. The van der Waals surface area contributed by atoms with Crippen LogP contribution in [0.1, 0.15) is 32.3 Å². The number of phenolic OH excluding ortho intramolecular Hbond substituents is 1. The highest BCUT2D eigenvalue weighted by molar-refractivity contribution is 5.41. The molecule has 0 heterocycles. The van der Waals surface area contributed by atoms with Gasteiger partial charge >= 0.3 is 0 Å². The number of allylic oxidation sites excluding steroid dienone is 3. The van der Waals surface area contributed by atoms with Gasteiger partial charge in [0.25, 0.3) is 0 Å². The van der Waals surface area contributed by atoms with E-state index in [1.54, 1.807) is 25.3 Å². The zero-order valence-corrected chi connectivity index (χ0v) is 14.1. The standard InChI is InChI=1S/C19H26FNO2/c1-14(21-13-19(2)10-8-16(20)9-11-19)4-5-15-6-7-17(22)18(12-15)23-3/h6-10,12,14,21-22H,4-5,11,13H2,1-3H3. The quantitative estimate of drug-likeness (QED) is 0.794. The van der Waals surface area contributed by atoms with Gasteiger partial charge in [-0.1, -0.05) is 19.1 Å². The Balaban J connectivity index is 1.79. The summed E-state index contributed by atoms with van der Waals surface area (Å²) in [6.07, 6.45) is 7.77. The fourth-order valence-corrected chi connectivity index (χ4v) is 2.65. The van der Waals surface area contributed by atoms with Crippen LogP contribution in [0, 0.1) is 5.41 Å². The van der Waals surface area contributed by atoms with E-state index in [0.29, 0.717) is 11.8 Å². The van der Waals surface area contributed by atoms with Crippen LogP contribution in [0.4, 0.5) is 4.39 Å². The molecule has 2 rings (SSSR count). The third-order valence-electron chi connectivity index (χ3n) is 4.37. The van der Waals surface area contributed by atoms with E-state index in [2.05, 4.69) is 19.2 Å². The number of hydrogen-bond donors (Lipinski definition) is 2. The van der Waals surface area contributed by atoms with Crippen LogP contribution < -0.4 is 10.1 Å². The second kappa shape index (κ2) is 7.64. The molecule has 0 saturated heterocycles. The van der Waals surface area contributed by atoms with Crippen LogP contribution in [0.15, 0.2) is 42.3 Å². The maximum atomic E-state index is 13.1. The minimum absolute atomic E-state index is 0.0222. The summed E-state index contributed by atoms with van der Waals surface area (Å²) in [5.74, 6) is 0.535. The van der Waals surface area contributed by atoms with Crippen LogP contribution in [-0.4, -0.2) is 24.8 Å². The van der Waals surface area contributed by atoms with Crippen molar-refractivity contribution in [1.82, 2.24) is 5.32 Å². The lowest BCUT2D eigenvalue weighted by Crippen LogP contribution is -2.36. The molecule has 0 amide bonds. The van der Waals surface area contributed by atoms with Crippen molar-refractivity contribution in [2.45, 2.75) is 39.2 Å². The molecule has 1 aliphatic rings. The normalized spacial score (nSPS) is 21.8. The van der Waals surface area contributed by atoms with Gasteiger partial charge in [0.1, 0.15) is 5.83 Å². The van der Waals surface area contributed by atoms with E-state index < -0.39 is 0 Å². The highest BCUT2D eigenvalue weighted by Gasteiger charge is 2.23. The molecule has 2 unspecified atom stereocenters. The number of phenols is 1. The van der Waals surface area contributed by atoms with Crippen molar-refractivity contribution in [2.24, 2.45) is 5.41 Å². The summed E-state index contributed by atoms with van der Waals surface area (Å²) in [7, 11) is 1.55. The van der Waals surface area contributed by atoms with Gasteiger partial charge in [0, 0.05) is 18.0 Å². The Hall–Kier alpha value is -1.81. The number of ether oxygens (including phenoxy) is 1. The number of aryl methyl sites for hydroxylation is 1.